The molecule has 0 atom stereocenters. The fourth-order valence-corrected chi connectivity index (χ4v) is 2.31. The summed E-state index contributed by atoms with van der Waals surface area (Å²) in [5.41, 5.74) is 1.94. The molecule has 0 aliphatic heterocycles. The molecule has 8 heteroatoms. The Morgan fingerprint density at radius 2 is 2.05 bits per heavy atom. The van der Waals surface area contributed by atoms with Crippen molar-refractivity contribution in [3.05, 3.63) is 54.2 Å². The number of halogens is 1. The highest BCUT2D eigenvalue weighted by Gasteiger charge is 2.22. The summed E-state index contributed by atoms with van der Waals surface area (Å²) < 4.78 is 3.20. The van der Waals surface area contributed by atoms with Crippen LogP contribution in [-0.4, -0.2) is 34.9 Å². The standard InChI is InChI=1S/C13H11ClN6O/c1-9-11(12(14)18-21)13(19-8-15-7-16-19)20(17-9)10-5-3-2-4-6-10/h2-8,21H,1H3. The summed E-state index contributed by atoms with van der Waals surface area (Å²) >= 11 is 6.00. The Kier molecular flexibility index (Phi) is 3.41. The number of aryl methyl sites for hydroxylation is 1. The van der Waals surface area contributed by atoms with E-state index in [1.807, 2.05) is 30.3 Å². The first kappa shape index (κ1) is 13.3. The maximum atomic E-state index is 8.99. The zero-order valence-corrected chi connectivity index (χ0v) is 11.8. The van der Waals surface area contributed by atoms with E-state index in [2.05, 4.69) is 20.3 Å². The molecule has 0 bridgehead atoms. The van der Waals surface area contributed by atoms with E-state index in [1.165, 1.54) is 17.3 Å². The Bertz CT molecular complexity index is 779. The summed E-state index contributed by atoms with van der Waals surface area (Å²) in [6, 6.07) is 9.52. The lowest BCUT2D eigenvalue weighted by molar-refractivity contribution is 0.321. The van der Waals surface area contributed by atoms with Gasteiger partial charge in [0.1, 0.15) is 12.7 Å². The predicted molar refractivity (Wildman–Crippen MR) is 77.4 cm³/mol. The smallest absolute Gasteiger partial charge is 0.181 e. The summed E-state index contributed by atoms with van der Waals surface area (Å²) in [5, 5.41) is 20.6. The number of benzene rings is 1. The average Bonchev–Trinajstić information content (AvgIpc) is 3.14. The zero-order chi connectivity index (χ0) is 14.8. The lowest BCUT2D eigenvalue weighted by Crippen LogP contribution is -2.09. The number of hydrogen-bond acceptors (Lipinski definition) is 5. The van der Waals surface area contributed by atoms with Crippen molar-refractivity contribution < 1.29 is 5.21 Å². The van der Waals surface area contributed by atoms with Crippen molar-refractivity contribution in [2.75, 3.05) is 0 Å². The van der Waals surface area contributed by atoms with Crippen LogP contribution in [0.15, 0.2) is 48.1 Å². The topological polar surface area (TPSA) is 81.1 Å². The molecule has 1 N–H and O–H groups in total. The highest BCUT2D eigenvalue weighted by atomic mass is 35.5. The van der Waals surface area contributed by atoms with Gasteiger partial charge in [-0.1, -0.05) is 35.0 Å². The third-order valence-electron chi connectivity index (χ3n) is 2.97. The number of nitrogens with zero attached hydrogens (tertiary/aromatic N) is 6. The molecule has 0 saturated carbocycles. The average molecular weight is 303 g/mol. The molecule has 3 rings (SSSR count). The Labute approximate surface area is 125 Å². The summed E-state index contributed by atoms with van der Waals surface area (Å²) in [6.07, 6.45) is 2.94. The molecule has 2 aromatic heterocycles. The van der Waals surface area contributed by atoms with Crippen molar-refractivity contribution in [3.8, 4) is 11.5 Å². The molecule has 0 radical (unpaired) electrons. The van der Waals surface area contributed by atoms with Gasteiger partial charge in [-0.2, -0.15) is 10.2 Å². The molecule has 1 aromatic carbocycles. The van der Waals surface area contributed by atoms with E-state index >= 15 is 0 Å². The molecular weight excluding hydrogens is 292 g/mol. The lowest BCUT2D eigenvalue weighted by Gasteiger charge is -2.08. The van der Waals surface area contributed by atoms with Crippen molar-refractivity contribution in [2.24, 2.45) is 5.16 Å². The molecule has 21 heavy (non-hydrogen) atoms. The van der Waals surface area contributed by atoms with Crippen LogP contribution in [0.3, 0.4) is 0 Å². The van der Waals surface area contributed by atoms with Crippen LogP contribution in [0.25, 0.3) is 11.5 Å². The number of aromatic nitrogens is 5. The molecule has 0 aliphatic rings. The monoisotopic (exact) mass is 302 g/mol. The minimum Gasteiger partial charge on any atom is -0.410 e. The van der Waals surface area contributed by atoms with E-state index in [9.17, 15) is 0 Å². The van der Waals surface area contributed by atoms with Crippen LogP contribution in [0.2, 0.25) is 0 Å². The van der Waals surface area contributed by atoms with Crippen molar-refractivity contribution >= 4 is 16.8 Å². The SMILES string of the molecule is Cc1nn(-c2ccccc2)c(-n2cncn2)c1C(Cl)=NO. The third-order valence-corrected chi connectivity index (χ3v) is 3.23. The molecule has 2 heterocycles. The van der Waals surface area contributed by atoms with Gasteiger partial charge in [0.2, 0.25) is 0 Å². The highest BCUT2D eigenvalue weighted by molar-refractivity contribution is 6.70. The van der Waals surface area contributed by atoms with Crippen LogP contribution in [-0.2, 0) is 0 Å². The Morgan fingerprint density at radius 1 is 1.29 bits per heavy atom. The Balaban J connectivity index is 2.32. The van der Waals surface area contributed by atoms with E-state index in [0.717, 1.165) is 5.69 Å². The van der Waals surface area contributed by atoms with Gasteiger partial charge in [-0.05, 0) is 19.1 Å². The van der Waals surface area contributed by atoms with E-state index in [4.69, 9.17) is 16.8 Å². The second-order valence-corrected chi connectivity index (χ2v) is 4.62. The van der Waals surface area contributed by atoms with Gasteiger partial charge in [-0.3, -0.25) is 0 Å². The molecule has 0 saturated heterocycles. The first-order valence-electron chi connectivity index (χ1n) is 6.10. The summed E-state index contributed by atoms with van der Waals surface area (Å²) in [7, 11) is 0. The molecule has 7 nitrogen and oxygen atoms in total. The molecular formula is C13H11ClN6O. The highest BCUT2D eigenvalue weighted by Crippen LogP contribution is 2.23. The van der Waals surface area contributed by atoms with E-state index < -0.39 is 0 Å². The van der Waals surface area contributed by atoms with Crippen LogP contribution in [0.5, 0.6) is 0 Å². The van der Waals surface area contributed by atoms with Crippen LogP contribution in [0.4, 0.5) is 0 Å². The second kappa shape index (κ2) is 5.37. The van der Waals surface area contributed by atoms with Crippen LogP contribution in [0, 0.1) is 6.92 Å². The van der Waals surface area contributed by atoms with Gasteiger partial charge >= 0.3 is 0 Å². The summed E-state index contributed by atoms with van der Waals surface area (Å²) in [4.78, 5) is 3.93. The van der Waals surface area contributed by atoms with Gasteiger partial charge in [-0.25, -0.2) is 14.3 Å². The number of oxime groups is 1. The first-order valence-corrected chi connectivity index (χ1v) is 6.48. The molecule has 3 aromatic rings. The fourth-order valence-electron chi connectivity index (χ4n) is 2.09. The summed E-state index contributed by atoms with van der Waals surface area (Å²) in [5.74, 6) is 0.555. The molecule has 0 spiro atoms. The van der Waals surface area contributed by atoms with Gasteiger partial charge in [-0.15, -0.1) is 0 Å². The number of rotatable bonds is 3. The lowest BCUT2D eigenvalue weighted by atomic mass is 10.2. The van der Waals surface area contributed by atoms with Crippen LogP contribution < -0.4 is 0 Å². The normalized spacial score (nSPS) is 11.8. The molecule has 0 unspecified atom stereocenters. The van der Waals surface area contributed by atoms with Crippen LogP contribution >= 0.6 is 11.6 Å². The molecule has 106 valence electrons. The van der Waals surface area contributed by atoms with Gasteiger partial charge in [0.05, 0.1) is 16.9 Å². The summed E-state index contributed by atoms with van der Waals surface area (Å²) in [6.45, 7) is 1.78. The van der Waals surface area contributed by atoms with Crippen LogP contribution in [0.1, 0.15) is 11.3 Å². The van der Waals surface area contributed by atoms with Gasteiger partial charge in [0.25, 0.3) is 0 Å². The van der Waals surface area contributed by atoms with E-state index in [-0.39, 0.29) is 5.17 Å². The molecule has 0 fully saturated rings. The fraction of sp³-hybridized carbons (Fsp3) is 0.0769. The maximum Gasteiger partial charge on any atom is 0.181 e. The number of para-hydroxylation sites is 1. The maximum absolute atomic E-state index is 8.99. The zero-order valence-electron chi connectivity index (χ0n) is 11.0. The molecule has 0 amide bonds. The molecule has 0 aliphatic carbocycles. The Hall–Kier alpha value is -2.67. The number of hydrogen-bond donors (Lipinski definition) is 1. The van der Waals surface area contributed by atoms with E-state index in [0.29, 0.717) is 17.1 Å². The first-order chi connectivity index (χ1) is 10.2. The van der Waals surface area contributed by atoms with Crippen molar-refractivity contribution in [1.29, 1.82) is 0 Å². The second-order valence-electron chi connectivity index (χ2n) is 4.26. The largest absolute Gasteiger partial charge is 0.410 e. The predicted octanol–water partition coefficient (Wildman–Crippen LogP) is 2.14. The van der Waals surface area contributed by atoms with Gasteiger partial charge in [0, 0.05) is 0 Å². The van der Waals surface area contributed by atoms with Gasteiger partial charge < -0.3 is 5.21 Å². The van der Waals surface area contributed by atoms with Crippen molar-refractivity contribution in [2.45, 2.75) is 6.92 Å². The van der Waals surface area contributed by atoms with Crippen molar-refractivity contribution in [3.63, 3.8) is 0 Å². The minimum atomic E-state index is -0.0554. The van der Waals surface area contributed by atoms with Gasteiger partial charge in [0.15, 0.2) is 11.0 Å². The minimum absolute atomic E-state index is 0.0554. The Morgan fingerprint density at radius 3 is 2.67 bits per heavy atom. The van der Waals surface area contributed by atoms with E-state index in [1.54, 1.807) is 11.6 Å². The quantitative estimate of drug-likeness (QED) is 0.456. The van der Waals surface area contributed by atoms with Crippen molar-refractivity contribution in [1.82, 2.24) is 24.5 Å². The third kappa shape index (κ3) is 2.27.